The molecule has 0 aromatic heterocycles. The van der Waals surface area contributed by atoms with Crippen LogP contribution < -0.4 is 4.90 Å². The fraction of sp³-hybridized carbons (Fsp3) is 0.200. The Hall–Kier alpha value is -4.88. The molecule has 0 atom stereocenters. The van der Waals surface area contributed by atoms with Crippen LogP contribution >= 0.6 is 0 Å². The van der Waals surface area contributed by atoms with Gasteiger partial charge in [-0.3, -0.25) is 0 Å². The van der Waals surface area contributed by atoms with E-state index in [1.54, 1.807) is 0 Å². The van der Waals surface area contributed by atoms with Crippen LogP contribution in [0.25, 0.3) is 33.4 Å². The third kappa shape index (κ3) is 4.29. The van der Waals surface area contributed by atoms with E-state index in [9.17, 15) is 0 Å². The summed E-state index contributed by atoms with van der Waals surface area (Å²) in [5, 5.41) is 0. The lowest BCUT2D eigenvalue weighted by Gasteiger charge is -2.30. The van der Waals surface area contributed by atoms with Crippen LogP contribution in [0.15, 0.2) is 133 Å². The van der Waals surface area contributed by atoms with Gasteiger partial charge in [0, 0.05) is 29.3 Å². The lowest BCUT2D eigenvalue weighted by atomic mass is 9.82. The van der Waals surface area contributed by atoms with E-state index in [0.29, 0.717) is 0 Å². The summed E-state index contributed by atoms with van der Waals surface area (Å²) in [6, 6.07) is 49.1. The normalized spacial score (nSPS) is 15.4. The average Bonchev–Trinajstić information content (AvgIpc) is 3.44. The molecule has 0 heterocycles. The van der Waals surface area contributed by atoms with E-state index in [-0.39, 0.29) is 10.8 Å². The highest BCUT2D eigenvalue weighted by atomic mass is 15.1. The van der Waals surface area contributed by atoms with E-state index in [2.05, 4.69) is 166 Å². The Morgan fingerprint density at radius 3 is 1.30 bits per heavy atom. The molecular formula is C45H41N. The summed E-state index contributed by atoms with van der Waals surface area (Å²) in [5.74, 6) is -0.611. The lowest BCUT2D eigenvalue weighted by molar-refractivity contribution is 0.660. The molecule has 2 aliphatic rings. The third-order valence-corrected chi connectivity index (χ3v) is 10.6. The Labute approximate surface area is 275 Å². The van der Waals surface area contributed by atoms with Gasteiger partial charge < -0.3 is 4.90 Å². The largest absolute Gasteiger partial charge is 0.310 e. The maximum absolute atomic E-state index is 8.40. The minimum absolute atomic E-state index is 0.0845. The Kier molecular flexibility index (Phi) is 6.16. The molecule has 0 saturated heterocycles. The van der Waals surface area contributed by atoms with Gasteiger partial charge in [-0.1, -0.05) is 139 Å². The van der Waals surface area contributed by atoms with Gasteiger partial charge in [-0.15, -0.1) is 0 Å². The van der Waals surface area contributed by atoms with E-state index in [1.807, 2.05) is 13.8 Å². The molecule has 46 heavy (non-hydrogen) atoms. The van der Waals surface area contributed by atoms with Crippen LogP contribution in [0.3, 0.4) is 0 Å². The fourth-order valence-corrected chi connectivity index (χ4v) is 7.91. The standard InChI is InChI=1S/C45H41N/c1-29(2)30-15-17-31(18-16-30)32-19-21-33(22-20-32)46(34-23-25-38-36-11-7-9-13-40(36)44(3,4)42(38)27-34)35-24-26-39-37-12-8-10-14-41(37)45(5,6)43(39)28-35/h7-29H,1-6H3/i29D. The van der Waals surface area contributed by atoms with Crippen LogP contribution in [0.1, 0.15) is 76.6 Å². The molecule has 0 saturated carbocycles. The highest BCUT2D eigenvalue weighted by molar-refractivity contribution is 5.88. The van der Waals surface area contributed by atoms with Crippen molar-refractivity contribution < 1.29 is 1.37 Å². The Bertz CT molecular complexity index is 2050. The molecule has 0 unspecified atom stereocenters. The van der Waals surface area contributed by atoms with Crippen molar-refractivity contribution in [3.63, 3.8) is 0 Å². The number of anilines is 3. The molecule has 6 aromatic rings. The number of fused-ring (bicyclic) bond motifs is 6. The second-order valence-electron chi connectivity index (χ2n) is 14.3. The van der Waals surface area contributed by atoms with Crippen molar-refractivity contribution in [3.8, 4) is 33.4 Å². The van der Waals surface area contributed by atoms with Gasteiger partial charge in [0.25, 0.3) is 0 Å². The zero-order valence-corrected chi connectivity index (χ0v) is 27.6. The first-order chi connectivity index (χ1) is 22.4. The van der Waals surface area contributed by atoms with Crippen LogP contribution in [0.2, 0.25) is 0 Å². The predicted octanol–water partition coefficient (Wildman–Crippen LogP) is 12.6. The first kappa shape index (κ1) is 27.4. The van der Waals surface area contributed by atoms with Gasteiger partial charge in [0.15, 0.2) is 0 Å². The van der Waals surface area contributed by atoms with Crippen LogP contribution in [0.4, 0.5) is 17.1 Å². The third-order valence-electron chi connectivity index (χ3n) is 10.6. The zero-order chi connectivity index (χ0) is 32.7. The highest BCUT2D eigenvalue weighted by Crippen LogP contribution is 2.53. The summed E-state index contributed by atoms with van der Waals surface area (Å²) in [7, 11) is 0. The summed E-state index contributed by atoms with van der Waals surface area (Å²) < 4.78 is 8.40. The summed E-state index contributed by atoms with van der Waals surface area (Å²) in [5.41, 5.74) is 17.5. The fourth-order valence-electron chi connectivity index (χ4n) is 7.91. The SMILES string of the molecule is [2H]C(C)(C)c1ccc(-c2ccc(N(c3ccc4c(c3)C(C)(C)c3ccccc3-4)c3ccc4c(c3)C(C)(C)c3ccccc3-4)cc2)cc1. The number of hydrogen-bond acceptors (Lipinski definition) is 1. The van der Waals surface area contributed by atoms with Gasteiger partial charge in [-0.2, -0.15) is 0 Å². The highest BCUT2D eigenvalue weighted by Gasteiger charge is 2.37. The molecule has 8 rings (SSSR count). The molecule has 226 valence electrons. The van der Waals surface area contributed by atoms with E-state index in [1.165, 1.54) is 50.1 Å². The van der Waals surface area contributed by atoms with E-state index in [4.69, 9.17) is 1.37 Å². The van der Waals surface area contributed by atoms with Crippen molar-refractivity contribution in [2.45, 2.75) is 58.3 Å². The Morgan fingerprint density at radius 2 is 0.848 bits per heavy atom. The van der Waals surface area contributed by atoms with Crippen molar-refractivity contribution in [2.75, 3.05) is 4.90 Å². The number of rotatable bonds is 5. The van der Waals surface area contributed by atoms with Crippen molar-refractivity contribution in [2.24, 2.45) is 0 Å². The Morgan fingerprint density at radius 1 is 0.457 bits per heavy atom. The van der Waals surface area contributed by atoms with E-state index < -0.39 is 5.89 Å². The molecule has 0 N–H and O–H groups in total. The van der Waals surface area contributed by atoms with Gasteiger partial charge in [0.2, 0.25) is 0 Å². The van der Waals surface area contributed by atoms with Gasteiger partial charge >= 0.3 is 0 Å². The number of nitrogens with zero attached hydrogens (tertiary/aromatic N) is 1. The van der Waals surface area contributed by atoms with Crippen LogP contribution in [-0.2, 0) is 10.8 Å². The summed E-state index contributed by atoms with van der Waals surface area (Å²) in [6.07, 6.45) is 0. The zero-order valence-electron chi connectivity index (χ0n) is 28.6. The summed E-state index contributed by atoms with van der Waals surface area (Å²) in [4.78, 5) is 2.42. The van der Waals surface area contributed by atoms with Gasteiger partial charge in [0.05, 0.1) is 0 Å². The van der Waals surface area contributed by atoms with Crippen molar-refractivity contribution in [1.29, 1.82) is 0 Å². The molecule has 2 aliphatic carbocycles. The van der Waals surface area contributed by atoms with Crippen molar-refractivity contribution in [1.82, 2.24) is 0 Å². The summed E-state index contributed by atoms with van der Waals surface area (Å²) in [6.45, 7) is 13.3. The minimum atomic E-state index is -0.611. The summed E-state index contributed by atoms with van der Waals surface area (Å²) >= 11 is 0. The topological polar surface area (TPSA) is 3.24 Å². The Balaban J connectivity index is 1.26. The predicted molar refractivity (Wildman–Crippen MR) is 196 cm³/mol. The van der Waals surface area contributed by atoms with Crippen molar-refractivity contribution >= 4 is 17.1 Å². The molecule has 1 heteroatoms. The molecule has 6 aromatic carbocycles. The smallest absolute Gasteiger partial charge is 0.0465 e. The van der Waals surface area contributed by atoms with Gasteiger partial charge in [-0.05, 0) is 103 Å². The first-order valence-corrected chi connectivity index (χ1v) is 16.4. The number of hydrogen-bond donors (Lipinski definition) is 0. The number of benzene rings is 6. The molecule has 0 spiro atoms. The van der Waals surface area contributed by atoms with E-state index >= 15 is 0 Å². The van der Waals surface area contributed by atoms with Gasteiger partial charge in [0.1, 0.15) is 0 Å². The van der Waals surface area contributed by atoms with E-state index in [0.717, 1.165) is 28.2 Å². The second kappa shape index (κ2) is 10.3. The lowest BCUT2D eigenvalue weighted by Crippen LogP contribution is -2.18. The van der Waals surface area contributed by atoms with Crippen molar-refractivity contribution in [3.05, 3.63) is 161 Å². The minimum Gasteiger partial charge on any atom is -0.310 e. The molecule has 0 fully saturated rings. The van der Waals surface area contributed by atoms with Crippen LogP contribution in [-0.4, -0.2) is 0 Å². The van der Waals surface area contributed by atoms with Crippen LogP contribution in [0, 0.1) is 0 Å². The second-order valence-corrected chi connectivity index (χ2v) is 14.3. The molecule has 0 radical (unpaired) electrons. The molecule has 0 bridgehead atoms. The monoisotopic (exact) mass is 596 g/mol. The molecule has 0 amide bonds. The van der Waals surface area contributed by atoms with Crippen LogP contribution in [0.5, 0.6) is 0 Å². The molecule has 1 nitrogen and oxygen atoms in total. The maximum Gasteiger partial charge on any atom is 0.0465 e. The maximum atomic E-state index is 8.40. The molecule has 0 aliphatic heterocycles. The average molecular weight is 597 g/mol. The first-order valence-electron chi connectivity index (χ1n) is 16.9. The quantitative estimate of drug-likeness (QED) is 0.191. The molecular weight excluding hydrogens is 555 g/mol. The van der Waals surface area contributed by atoms with Gasteiger partial charge in [-0.25, -0.2) is 0 Å².